The highest BCUT2D eigenvalue weighted by molar-refractivity contribution is 7.92. The maximum Gasteiger partial charge on any atom is 0.189 e. The summed E-state index contributed by atoms with van der Waals surface area (Å²) in [6, 6.07) is 7.23. The van der Waals surface area contributed by atoms with Gasteiger partial charge in [0.15, 0.2) is 31.2 Å². The molecule has 2 heterocycles. The van der Waals surface area contributed by atoms with Crippen molar-refractivity contribution in [3.8, 4) is 5.75 Å². The number of rotatable bonds is 7. The Bertz CT molecular complexity index is 1400. The Kier molecular flexibility index (Phi) is 6.39. The number of sulfone groups is 2. The Morgan fingerprint density at radius 2 is 1.67 bits per heavy atom. The quantitative estimate of drug-likeness (QED) is 0.551. The highest BCUT2D eigenvalue weighted by Gasteiger charge is 2.61. The van der Waals surface area contributed by atoms with Crippen molar-refractivity contribution in [3.05, 3.63) is 58.6 Å². The molecule has 36 heavy (non-hydrogen) atoms. The average molecular weight is 562 g/mol. The van der Waals surface area contributed by atoms with Crippen LogP contribution < -0.4 is 10.5 Å². The van der Waals surface area contributed by atoms with Crippen LogP contribution in [0.1, 0.15) is 31.2 Å². The van der Waals surface area contributed by atoms with Gasteiger partial charge in [0.1, 0.15) is 10.6 Å². The van der Waals surface area contributed by atoms with E-state index in [0.29, 0.717) is 17.9 Å². The van der Waals surface area contributed by atoms with Crippen molar-refractivity contribution in [1.82, 2.24) is 0 Å². The third-order valence-electron chi connectivity index (χ3n) is 7.46. The fraction of sp³-hybridized carbons (Fsp3) is 0.500. The highest BCUT2D eigenvalue weighted by atomic mass is 35.5. The molecule has 1 saturated heterocycles. The van der Waals surface area contributed by atoms with Gasteiger partial charge in [-0.1, -0.05) is 11.6 Å². The minimum Gasteiger partial charge on any atom is -0.490 e. The Balaban J connectivity index is 1.59. The first-order chi connectivity index (χ1) is 16.9. The van der Waals surface area contributed by atoms with Crippen LogP contribution in [-0.4, -0.2) is 53.2 Å². The molecule has 12 heteroatoms. The number of halogens is 3. The highest BCUT2D eigenvalue weighted by Crippen LogP contribution is 2.56. The van der Waals surface area contributed by atoms with Crippen LogP contribution >= 0.6 is 11.6 Å². The van der Waals surface area contributed by atoms with Crippen molar-refractivity contribution in [2.45, 2.75) is 47.0 Å². The van der Waals surface area contributed by atoms with Gasteiger partial charge in [0, 0.05) is 23.1 Å². The van der Waals surface area contributed by atoms with E-state index >= 15 is 4.39 Å². The van der Waals surface area contributed by atoms with Gasteiger partial charge < -0.3 is 15.2 Å². The summed E-state index contributed by atoms with van der Waals surface area (Å²) in [5.41, 5.74) is 4.90. The van der Waals surface area contributed by atoms with Gasteiger partial charge in [-0.15, -0.1) is 0 Å². The fourth-order valence-corrected chi connectivity index (χ4v) is 9.82. The van der Waals surface area contributed by atoms with Crippen molar-refractivity contribution < 1.29 is 35.1 Å². The lowest BCUT2D eigenvalue weighted by atomic mass is 9.75. The van der Waals surface area contributed by atoms with Crippen molar-refractivity contribution in [2.75, 3.05) is 24.7 Å². The second-order valence-corrected chi connectivity index (χ2v) is 14.7. The summed E-state index contributed by atoms with van der Waals surface area (Å²) in [6.45, 7) is -0.379. The zero-order valence-corrected chi connectivity index (χ0v) is 21.6. The first-order valence-electron chi connectivity index (χ1n) is 11.6. The number of nitrogens with two attached hydrogens (primary N) is 1. The molecule has 0 aromatic heterocycles. The molecule has 2 fully saturated rings. The van der Waals surface area contributed by atoms with Gasteiger partial charge in [-0.2, -0.15) is 0 Å². The first kappa shape index (κ1) is 25.8. The summed E-state index contributed by atoms with van der Waals surface area (Å²) in [7, 11) is -7.90. The van der Waals surface area contributed by atoms with Crippen molar-refractivity contribution in [3.63, 3.8) is 0 Å². The molecule has 0 spiro atoms. The fourth-order valence-electron chi connectivity index (χ4n) is 5.45. The van der Waals surface area contributed by atoms with Gasteiger partial charge in [-0.25, -0.2) is 25.6 Å². The van der Waals surface area contributed by atoms with Crippen molar-refractivity contribution >= 4 is 31.3 Å². The molecule has 2 aromatic carbocycles. The lowest BCUT2D eigenvalue weighted by Crippen LogP contribution is -2.57. The third-order valence-corrected chi connectivity index (χ3v) is 12.1. The number of ether oxygens (including phenoxy) is 2. The van der Waals surface area contributed by atoms with E-state index in [9.17, 15) is 21.2 Å². The maximum absolute atomic E-state index is 15.4. The third kappa shape index (κ3) is 4.32. The zero-order valence-electron chi connectivity index (χ0n) is 19.3. The number of hydrogen-bond acceptors (Lipinski definition) is 7. The van der Waals surface area contributed by atoms with Crippen LogP contribution in [0.25, 0.3) is 0 Å². The van der Waals surface area contributed by atoms with Crippen LogP contribution in [0.15, 0.2) is 41.3 Å². The van der Waals surface area contributed by atoms with Crippen LogP contribution in [0.4, 0.5) is 8.78 Å². The molecule has 1 saturated carbocycles. The predicted octanol–water partition coefficient (Wildman–Crippen LogP) is 3.38. The molecular weight excluding hydrogens is 536 g/mol. The van der Waals surface area contributed by atoms with E-state index in [2.05, 4.69) is 0 Å². The minimum absolute atomic E-state index is 0.0312. The summed E-state index contributed by atoms with van der Waals surface area (Å²) < 4.78 is 93.6. The molecule has 0 unspecified atom stereocenters. The van der Waals surface area contributed by atoms with Gasteiger partial charge >= 0.3 is 0 Å². The van der Waals surface area contributed by atoms with E-state index in [1.54, 1.807) is 0 Å². The van der Waals surface area contributed by atoms with E-state index in [1.165, 1.54) is 24.3 Å². The molecule has 0 radical (unpaired) electrons. The lowest BCUT2D eigenvalue weighted by molar-refractivity contribution is -0.0732. The molecule has 2 N–H and O–H groups in total. The van der Waals surface area contributed by atoms with Gasteiger partial charge in [-0.3, -0.25) is 0 Å². The summed E-state index contributed by atoms with van der Waals surface area (Å²) in [5.74, 6) is -3.66. The van der Waals surface area contributed by atoms with E-state index < -0.39 is 59.4 Å². The molecule has 0 bridgehead atoms. The molecule has 3 atom stereocenters. The maximum atomic E-state index is 15.4. The number of fused-ring (bicyclic) bond motifs is 3. The standard InChI is InChI=1S/C24H26ClF2NO6S2/c25-15-1-3-16(4-2-15)36(31,32)24-10-11-33-20(7-12-35(29,30)14-23(28)8-9-23)17(24)13-34-22-19(27)6-5-18(26)21(22)24/h1-6,17,20H,7-14,28H2/t17-,20-,24-/m0/s1. The Labute approximate surface area is 213 Å². The minimum atomic E-state index is -4.35. The van der Waals surface area contributed by atoms with E-state index in [-0.39, 0.29) is 48.0 Å². The Hall–Kier alpha value is -1.79. The number of hydrogen-bond donors (Lipinski definition) is 1. The molecule has 1 aliphatic carbocycles. The van der Waals surface area contributed by atoms with Crippen LogP contribution in [0.3, 0.4) is 0 Å². The smallest absolute Gasteiger partial charge is 0.189 e. The van der Waals surface area contributed by atoms with Gasteiger partial charge in [-0.05, 0) is 62.1 Å². The molecule has 2 aromatic rings. The second-order valence-electron chi connectivity index (χ2n) is 9.90. The monoisotopic (exact) mass is 561 g/mol. The SMILES string of the molecule is NC1(CS(=O)(=O)CC[C@@H]2OCC[C@@]3(S(=O)(=O)c4ccc(Cl)cc4)c4c(F)ccc(F)c4OC[C@@H]23)CC1. The van der Waals surface area contributed by atoms with E-state index in [1.807, 2.05) is 0 Å². The number of benzene rings is 2. The van der Waals surface area contributed by atoms with Gasteiger partial charge in [0.25, 0.3) is 0 Å². The topological polar surface area (TPSA) is 113 Å². The van der Waals surface area contributed by atoms with E-state index in [0.717, 1.165) is 12.1 Å². The second kappa shape index (κ2) is 8.90. The Morgan fingerprint density at radius 1 is 1.00 bits per heavy atom. The average Bonchev–Trinajstić information content (AvgIpc) is 3.55. The molecule has 5 rings (SSSR count). The molecule has 0 amide bonds. The van der Waals surface area contributed by atoms with Crippen molar-refractivity contribution in [1.29, 1.82) is 0 Å². The summed E-state index contributed by atoms with van der Waals surface area (Å²) in [4.78, 5) is -0.111. The summed E-state index contributed by atoms with van der Waals surface area (Å²) >= 11 is 5.96. The normalized spacial score (nSPS) is 27.0. The van der Waals surface area contributed by atoms with Gasteiger partial charge in [0.2, 0.25) is 0 Å². The van der Waals surface area contributed by atoms with Crippen LogP contribution in [0.2, 0.25) is 5.02 Å². The van der Waals surface area contributed by atoms with Crippen LogP contribution in [-0.2, 0) is 29.2 Å². The largest absolute Gasteiger partial charge is 0.490 e. The Morgan fingerprint density at radius 3 is 2.33 bits per heavy atom. The molecular formula is C24H26ClF2NO6S2. The predicted molar refractivity (Wildman–Crippen MR) is 129 cm³/mol. The first-order valence-corrected chi connectivity index (χ1v) is 15.3. The molecule has 196 valence electrons. The zero-order chi connectivity index (χ0) is 25.9. The van der Waals surface area contributed by atoms with E-state index in [4.69, 9.17) is 26.8 Å². The van der Waals surface area contributed by atoms with Crippen LogP contribution in [0, 0.1) is 17.6 Å². The summed E-state index contributed by atoms with van der Waals surface area (Å²) in [5, 5.41) is 0.316. The van der Waals surface area contributed by atoms with Gasteiger partial charge in [0.05, 0.1) is 34.7 Å². The molecule has 3 aliphatic rings. The molecule has 2 aliphatic heterocycles. The van der Waals surface area contributed by atoms with Crippen LogP contribution in [0.5, 0.6) is 5.75 Å². The molecule has 7 nitrogen and oxygen atoms in total. The lowest BCUT2D eigenvalue weighted by Gasteiger charge is -2.50. The summed E-state index contributed by atoms with van der Waals surface area (Å²) in [6.07, 6.45) is 0.184. The van der Waals surface area contributed by atoms with Crippen molar-refractivity contribution in [2.24, 2.45) is 11.7 Å².